The number of carbonyl (C=O) groups is 1. The number of hydrogen-bond acceptors (Lipinski definition) is 9. The minimum absolute atomic E-state index is 0.00204. The summed E-state index contributed by atoms with van der Waals surface area (Å²) in [6.45, 7) is 1.83. The van der Waals surface area contributed by atoms with Gasteiger partial charge < -0.3 is 5.32 Å². The average Bonchev–Trinajstić information content (AvgIpc) is 3.20. The topological polar surface area (TPSA) is 116 Å². The molecule has 1 aliphatic rings. The number of nitro benzene ring substituents is 1. The van der Waals surface area contributed by atoms with Crippen molar-refractivity contribution >= 4 is 51.2 Å². The predicted octanol–water partition coefficient (Wildman–Crippen LogP) is 5.49. The highest BCUT2D eigenvalue weighted by molar-refractivity contribution is 8.00. The maximum Gasteiger partial charge on any atom is 0.270 e. The number of rotatable bonds is 8. The summed E-state index contributed by atoms with van der Waals surface area (Å²) in [5, 5.41) is 27.2. The highest BCUT2D eigenvalue weighted by Crippen LogP contribution is 2.42. The first-order valence-electron chi connectivity index (χ1n) is 10.2. The number of nitrogens with zero attached hydrogens (tertiary/aromatic N) is 5. The molecule has 1 amide bonds. The highest BCUT2D eigenvalue weighted by Gasteiger charge is 2.32. The number of amides is 1. The molecule has 1 unspecified atom stereocenters. The van der Waals surface area contributed by atoms with Crippen LogP contribution in [0.25, 0.3) is 22.0 Å². The molecule has 5 rings (SSSR count). The molecule has 1 fully saturated rings. The number of aromatic nitrogens is 4. The van der Waals surface area contributed by atoms with Gasteiger partial charge in [-0.2, -0.15) is 0 Å². The van der Waals surface area contributed by atoms with Crippen LogP contribution in [0.4, 0.5) is 10.8 Å². The lowest BCUT2D eigenvalue weighted by Crippen LogP contribution is -2.22. The minimum Gasteiger partial charge on any atom is -0.301 e. The summed E-state index contributed by atoms with van der Waals surface area (Å²) < 4.78 is 2.14. The lowest BCUT2D eigenvalue weighted by Gasteiger charge is -2.12. The predicted molar refractivity (Wildman–Crippen MR) is 130 cm³/mol. The summed E-state index contributed by atoms with van der Waals surface area (Å²) in [5.41, 5.74) is 1.20. The van der Waals surface area contributed by atoms with E-state index in [2.05, 4.69) is 25.1 Å². The first-order chi connectivity index (χ1) is 16.0. The standard InChI is InChI=1S/C21H18N6O3S3/c1-12(33-21-25-24-18(17-6-3-9-31-17)26(21)14-7-8-14)19(28)23-20-22-16(11-32-20)13-4-2-5-15(10-13)27(29)30/h2-6,9-12,14H,7-8H2,1H3,(H,22,23,28). The van der Waals surface area contributed by atoms with Crippen LogP contribution in [0, 0.1) is 10.1 Å². The molecule has 1 atom stereocenters. The Bertz CT molecular complexity index is 1310. The van der Waals surface area contributed by atoms with Crippen LogP contribution in [0.1, 0.15) is 25.8 Å². The zero-order valence-electron chi connectivity index (χ0n) is 17.4. The molecule has 12 heteroatoms. The van der Waals surface area contributed by atoms with Crippen molar-refractivity contribution in [2.75, 3.05) is 5.32 Å². The third-order valence-corrected chi connectivity index (χ3v) is 7.74. The molecule has 0 aliphatic heterocycles. The summed E-state index contributed by atoms with van der Waals surface area (Å²) in [4.78, 5) is 28.9. The fourth-order valence-electron chi connectivity index (χ4n) is 3.25. The van der Waals surface area contributed by atoms with Crippen LogP contribution in [0.5, 0.6) is 0 Å². The molecule has 0 radical (unpaired) electrons. The van der Waals surface area contributed by atoms with E-state index >= 15 is 0 Å². The second-order valence-electron chi connectivity index (χ2n) is 7.48. The molecule has 0 saturated heterocycles. The van der Waals surface area contributed by atoms with Crippen LogP contribution in [0.15, 0.2) is 52.3 Å². The number of nitro groups is 1. The van der Waals surface area contributed by atoms with Crippen molar-refractivity contribution in [3.05, 3.63) is 57.3 Å². The van der Waals surface area contributed by atoms with Crippen molar-refractivity contribution in [1.29, 1.82) is 0 Å². The molecule has 3 heterocycles. The fraction of sp³-hybridized carbons (Fsp3) is 0.238. The summed E-state index contributed by atoms with van der Waals surface area (Å²) in [6, 6.07) is 10.7. The van der Waals surface area contributed by atoms with E-state index in [0.29, 0.717) is 22.4 Å². The summed E-state index contributed by atoms with van der Waals surface area (Å²) in [7, 11) is 0. The number of thiazole rings is 1. The van der Waals surface area contributed by atoms with Crippen molar-refractivity contribution in [3.8, 4) is 22.0 Å². The molecule has 0 spiro atoms. The van der Waals surface area contributed by atoms with Gasteiger partial charge in [0.25, 0.3) is 5.69 Å². The van der Waals surface area contributed by atoms with Crippen molar-refractivity contribution < 1.29 is 9.72 Å². The van der Waals surface area contributed by atoms with Crippen LogP contribution in [0.2, 0.25) is 0 Å². The number of carbonyl (C=O) groups excluding carboxylic acids is 1. The van der Waals surface area contributed by atoms with Gasteiger partial charge in [0.05, 0.1) is 20.7 Å². The largest absolute Gasteiger partial charge is 0.301 e. The molecule has 1 aromatic carbocycles. The number of hydrogen-bond donors (Lipinski definition) is 1. The molecule has 4 aromatic rings. The van der Waals surface area contributed by atoms with Gasteiger partial charge in [-0.3, -0.25) is 19.5 Å². The molecule has 168 valence electrons. The quantitative estimate of drug-likeness (QED) is 0.194. The second kappa shape index (κ2) is 9.04. The first-order valence-corrected chi connectivity index (χ1v) is 12.8. The van der Waals surface area contributed by atoms with Crippen molar-refractivity contribution in [1.82, 2.24) is 19.7 Å². The lowest BCUT2D eigenvalue weighted by atomic mass is 10.1. The molecule has 9 nitrogen and oxygen atoms in total. The van der Waals surface area contributed by atoms with Crippen molar-refractivity contribution in [2.45, 2.75) is 36.2 Å². The SMILES string of the molecule is CC(Sc1nnc(-c2cccs2)n1C1CC1)C(=O)Nc1nc(-c2cccc([N+](=O)[O-])c2)cs1. The second-order valence-corrected chi connectivity index (χ2v) is 10.6. The van der Waals surface area contributed by atoms with Gasteiger partial charge in [0.2, 0.25) is 5.91 Å². The van der Waals surface area contributed by atoms with Gasteiger partial charge in [-0.05, 0) is 31.2 Å². The maximum atomic E-state index is 12.8. The average molecular weight is 499 g/mol. The third-order valence-electron chi connectivity index (χ3n) is 5.06. The van der Waals surface area contributed by atoms with E-state index in [-0.39, 0.29) is 11.6 Å². The van der Waals surface area contributed by atoms with E-state index in [1.807, 2.05) is 24.4 Å². The van der Waals surface area contributed by atoms with E-state index in [1.165, 1.54) is 35.2 Å². The normalized spacial score (nSPS) is 14.2. The summed E-state index contributed by atoms with van der Waals surface area (Å²) >= 11 is 4.28. The molecule has 1 aliphatic carbocycles. The van der Waals surface area contributed by atoms with Crippen molar-refractivity contribution in [3.63, 3.8) is 0 Å². The fourth-order valence-corrected chi connectivity index (χ4v) is 5.60. The Balaban J connectivity index is 1.28. The molecule has 1 saturated carbocycles. The Morgan fingerprint density at radius 3 is 2.85 bits per heavy atom. The Kier molecular flexibility index (Phi) is 5.96. The van der Waals surface area contributed by atoms with Gasteiger partial charge in [0, 0.05) is 29.1 Å². The van der Waals surface area contributed by atoms with Crippen LogP contribution in [0.3, 0.4) is 0 Å². The number of nitrogens with one attached hydrogen (secondary N) is 1. The monoisotopic (exact) mass is 498 g/mol. The smallest absolute Gasteiger partial charge is 0.270 e. The molecule has 1 N–H and O–H groups in total. The maximum absolute atomic E-state index is 12.8. The van der Waals surface area contributed by atoms with Gasteiger partial charge in [-0.1, -0.05) is 30.0 Å². The van der Waals surface area contributed by atoms with E-state index in [0.717, 1.165) is 28.7 Å². The third kappa shape index (κ3) is 4.68. The molecular formula is C21H18N6O3S3. The van der Waals surface area contributed by atoms with E-state index < -0.39 is 10.2 Å². The van der Waals surface area contributed by atoms with Gasteiger partial charge in [0.15, 0.2) is 16.1 Å². The van der Waals surface area contributed by atoms with Gasteiger partial charge >= 0.3 is 0 Å². The number of thioether (sulfide) groups is 1. The Labute approximate surface area is 201 Å². The Morgan fingerprint density at radius 1 is 1.27 bits per heavy atom. The number of thiophene rings is 1. The van der Waals surface area contributed by atoms with Crippen LogP contribution in [-0.2, 0) is 4.79 Å². The lowest BCUT2D eigenvalue weighted by molar-refractivity contribution is -0.384. The Morgan fingerprint density at radius 2 is 2.12 bits per heavy atom. The van der Waals surface area contributed by atoms with Crippen LogP contribution in [-0.4, -0.2) is 35.8 Å². The highest BCUT2D eigenvalue weighted by atomic mass is 32.2. The van der Waals surface area contributed by atoms with Gasteiger partial charge in [-0.15, -0.1) is 32.9 Å². The van der Waals surface area contributed by atoms with E-state index in [4.69, 9.17) is 0 Å². The van der Waals surface area contributed by atoms with E-state index in [9.17, 15) is 14.9 Å². The summed E-state index contributed by atoms with van der Waals surface area (Å²) in [6.07, 6.45) is 2.17. The zero-order valence-corrected chi connectivity index (χ0v) is 19.8. The first kappa shape index (κ1) is 21.7. The number of anilines is 1. The summed E-state index contributed by atoms with van der Waals surface area (Å²) in [5.74, 6) is 0.659. The Hall–Kier alpha value is -3.09. The molecule has 33 heavy (non-hydrogen) atoms. The molecular weight excluding hydrogens is 480 g/mol. The van der Waals surface area contributed by atoms with Crippen molar-refractivity contribution in [2.24, 2.45) is 0 Å². The van der Waals surface area contributed by atoms with Gasteiger partial charge in [0.1, 0.15) is 0 Å². The van der Waals surface area contributed by atoms with Crippen LogP contribution >= 0.6 is 34.4 Å². The number of non-ortho nitro benzene ring substituents is 1. The van der Waals surface area contributed by atoms with Crippen LogP contribution < -0.4 is 5.32 Å². The number of benzene rings is 1. The van der Waals surface area contributed by atoms with Gasteiger partial charge in [-0.25, -0.2) is 4.98 Å². The molecule has 3 aromatic heterocycles. The zero-order chi connectivity index (χ0) is 22.9. The van der Waals surface area contributed by atoms with E-state index in [1.54, 1.807) is 28.8 Å². The minimum atomic E-state index is -0.443. The molecule has 0 bridgehead atoms.